The first-order chi connectivity index (χ1) is 11.6. The second kappa shape index (κ2) is 15.1. The van der Waals surface area contributed by atoms with E-state index in [0.29, 0.717) is 0 Å². The molecule has 0 aromatic carbocycles. The highest BCUT2D eigenvalue weighted by Crippen LogP contribution is 2.12. The predicted molar refractivity (Wildman–Crippen MR) is 95.2 cm³/mol. The monoisotopic (exact) mass is 342 g/mol. The van der Waals surface area contributed by atoms with Crippen molar-refractivity contribution in [2.75, 3.05) is 26.3 Å². The summed E-state index contributed by atoms with van der Waals surface area (Å²) >= 11 is 0. The van der Waals surface area contributed by atoms with Gasteiger partial charge < -0.3 is 20.8 Å². The van der Waals surface area contributed by atoms with Gasteiger partial charge in [0.25, 0.3) is 0 Å². The first-order valence-corrected chi connectivity index (χ1v) is 9.02. The van der Waals surface area contributed by atoms with Crippen LogP contribution in [0.25, 0.3) is 0 Å². The Kier molecular flexibility index (Phi) is 14.3. The van der Waals surface area contributed by atoms with Crippen molar-refractivity contribution in [3.05, 3.63) is 12.2 Å². The van der Waals surface area contributed by atoms with E-state index in [1.807, 2.05) is 6.08 Å². The fraction of sp³-hybridized carbons (Fsp3) is 0.778. The molecule has 4 N–H and O–H groups in total. The molecule has 2 amide bonds. The number of aliphatic hydroxyl groups excluding tert-OH is 2. The maximum absolute atomic E-state index is 12.4. The molecule has 0 aromatic heterocycles. The van der Waals surface area contributed by atoms with E-state index in [1.165, 1.54) is 37.0 Å². The van der Waals surface area contributed by atoms with Gasteiger partial charge in [0.15, 0.2) is 0 Å². The maximum Gasteiger partial charge on any atom is 0.230 e. The molecule has 0 rings (SSSR count). The average molecular weight is 342 g/mol. The third-order valence-electron chi connectivity index (χ3n) is 3.88. The minimum Gasteiger partial charge on any atom is -0.395 e. The number of rotatable bonds is 15. The molecule has 0 spiro atoms. The highest BCUT2D eigenvalue weighted by atomic mass is 16.3. The summed E-state index contributed by atoms with van der Waals surface area (Å²) in [5.41, 5.74) is 5.24. The standard InChI is InChI=1S/C18H34N2O4/c1-2-3-4-5-6-7-8-9-10-16(15-17(19)23)18(24)20(11-13-21)12-14-22/h9-10,16,21-22H,2-8,11-15H2,1H3,(H2,19,23). The van der Waals surface area contributed by atoms with Gasteiger partial charge in [-0.2, -0.15) is 0 Å². The van der Waals surface area contributed by atoms with Crippen molar-refractivity contribution in [2.24, 2.45) is 11.7 Å². The highest BCUT2D eigenvalue weighted by molar-refractivity contribution is 5.86. The second-order valence-corrected chi connectivity index (χ2v) is 6.03. The SMILES string of the molecule is CCCCCCCCC=CC(CC(N)=O)C(=O)N(CCO)CCO. The summed E-state index contributed by atoms with van der Waals surface area (Å²) in [5, 5.41) is 18.1. The van der Waals surface area contributed by atoms with Crippen LogP contribution < -0.4 is 5.73 Å². The van der Waals surface area contributed by atoms with Gasteiger partial charge >= 0.3 is 0 Å². The zero-order valence-corrected chi connectivity index (χ0v) is 15.0. The van der Waals surface area contributed by atoms with E-state index < -0.39 is 11.8 Å². The van der Waals surface area contributed by atoms with Gasteiger partial charge in [0.2, 0.25) is 11.8 Å². The fourth-order valence-corrected chi connectivity index (χ4v) is 2.57. The highest BCUT2D eigenvalue weighted by Gasteiger charge is 2.23. The molecular weight excluding hydrogens is 308 g/mol. The molecule has 0 aromatic rings. The smallest absolute Gasteiger partial charge is 0.230 e. The number of aliphatic hydroxyl groups is 2. The molecule has 24 heavy (non-hydrogen) atoms. The topological polar surface area (TPSA) is 104 Å². The largest absolute Gasteiger partial charge is 0.395 e. The van der Waals surface area contributed by atoms with E-state index >= 15 is 0 Å². The average Bonchev–Trinajstić information content (AvgIpc) is 2.55. The summed E-state index contributed by atoms with van der Waals surface area (Å²) in [6.07, 6.45) is 11.7. The van der Waals surface area contributed by atoms with E-state index in [2.05, 4.69) is 6.92 Å². The zero-order valence-electron chi connectivity index (χ0n) is 15.0. The molecule has 1 atom stereocenters. The number of allylic oxidation sites excluding steroid dienone is 1. The molecule has 0 saturated heterocycles. The fourth-order valence-electron chi connectivity index (χ4n) is 2.57. The van der Waals surface area contributed by atoms with Crippen LogP contribution in [0.1, 0.15) is 58.3 Å². The molecule has 6 nitrogen and oxygen atoms in total. The molecule has 0 aliphatic heterocycles. The van der Waals surface area contributed by atoms with E-state index in [0.717, 1.165) is 12.8 Å². The molecule has 0 aliphatic rings. The summed E-state index contributed by atoms with van der Waals surface area (Å²) in [6.45, 7) is 2.10. The van der Waals surface area contributed by atoms with Crippen LogP contribution in [0.2, 0.25) is 0 Å². The molecule has 0 fully saturated rings. The van der Waals surface area contributed by atoms with Gasteiger partial charge in [-0.1, -0.05) is 51.2 Å². The Morgan fingerprint density at radius 3 is 2.17 bits per heavy atom. The molecular formula is C18H34N2O4. The Labute approximate surface area is 145 Å². The number of primary amides is 1. The van der Waals surface area contributed by atoms with E-state index in [9.17, 15) is 9.59 Å². The van der Waals surface area contributed by atoms with Crippen LogP contribution in [0.5, 0.6) is 0 Å². The molecule has 0 saturated carbocycles. The Balaban J connectivity index is 4.45. The van der Waals surface area contributed by atoms with Crippen molar-refractivity contribution in [1.82, 2.24) is 4.90 Å². The van der Waals surface area contributed by atoms with E-state index in [4.69, 9.17) is 15.9 Å². The van der Waals surface area contributed by atoms with Crippen LogP contribution in [0.4, 0.5) is 0 Å². The minimum absolute atomic E-state index is 0.0564. The Hall–Kier alpha value is -1.40. The third-order valence-corrected chi connectivity index (χ3v) is 3.88. The van der Waals surface area contributed by atoms with Crippen LogP contribution in [0, 0.1) is 5.92 Å². The van der Waals surface area contributed by atoms with Crippen LogP contribution in [0.3, 0.4) is 0 Å². The summed E-state index contributed by atoms with van der Waals surface area (Å²) < 4.78 is 0. The zero-order chi connectivity index (χ0) is 18.2. The van der Waals surface area contributed by atoms with Crippen molar-refractivity contribution in [2.45, 2.75) is 58.3 Å². The number of hydrogen-bond donors (Lipinski definition) is 3. The number of nitrogens with zero attached hydrogens (tertiary/aromatic N) is 1. The molecule has 0 heterocycles. The van der Waals surface area contributed by atoms with Crippen molar-refractivity contribution in [3.8, 4) is 0 Å². The molecule has 0 aliphatic carbocycles. The third kappa shape index (κ3) is 11.2. The number of nitrogens with two attached hydrogens (primary N) is 1. The van der Waals surface area contributed by atoms with Gasteiger partial charge in [-0.15, -0.1) is 0 Å². The lowest BCUT2D eigenvalue weighted by molar-refractivity contribution is -0.137. The number of carbonyl (C=O) groups excluding carboxylic acids is 2. The molecule has 0 bridgehead atoms. The lowest BCUT2D eigenvalue weighted by atomic mass is 10.0. The Morgan fingerprint density at radius 1 is 1.04 bits per heavy atom. The number of carbonyl (C=O) groups is 2. The molecule has 1 unspecified atom stereocenters. The minimum atomic E-state index is -0.624. The van der Waals surface area contributed by atoms with Gasteiger partial charge in [0.05, 0.1) is 19.1 Å². The van der Waals surface area contributed by atoms with Crippen LogP contribution >= 0.6 is 0 Å². The number of hydrogen-bond acceptors (Lipinski definition) is 4. The van der Waals surface area contributed by atoms with Crippen molar-refractivity contribution in [1.29, 1.82) is 0 Å². The van der Waals surface area contributed by atoms with Gasteiger partial charge in [-0.05, 0) is 12.8 Å². The van der Waals surface area contributed by atoms with Gasteiger partial charge in [-0.25, -0.2) is 0 Å². The summed E-state index contributed by atoms with van der Waals surface area (Å²) in [4.78, 5) is 25.0. The maximum atomic E-state index is 12.4. The summed E-state index contributed by atoms with van der Waals surface area (Å²) in [6, 6.07) is 0. The van der Waals surface area contributed by atoms with Crippen LogP contribution in [-0.2, 0) is 9.59 Å². The van der Waals surface area contributed by atoms with Crippen LogP contribution in [0.15, 0.2) is 12.2 Å². The molecule has 140 valence electrons. The van der Waals surface area contributed by atoms with Gasteiger partial charge in [-0.3, -0.25) is 9.59 Å². The predicted octanol–water partition coefficient (Wildman–Crippen LogP) is 1.60. The quantitative estimate of drug-likeness (QED) is 0.310. The first-order valence-electron chi connectivity index (χ1n) is 9.02. The van der Waals surface area contributed by atoms with Gasteiger partial charge in [0, 0.05) is 19.5 Å². The molecule has 0 radical (unpaired) electrons. The summed E-state index contributed by atoms with van der Waals surface area (Å²) in [5.74, 6) is -1.44. The van der Waals surface area contributed by atoms with Crippen LogP contribution in [-0.4, -0.2) is 53.2 Å². The first kappa shape index (κ1) is 22.6. The summed E-state index contributed by atoms with van der Waals surface area (Å²) in [7, 11) is 0. The Bertz CT molecular complexity index is 366. The van der Waals surface area contributed by atoms with Gasteiger partial charge in [0.1, 0.15) is 0 Å². The Morgan fingerprint density at radius 2 is 1.62 bits per heavy atom. The number of amides is 2. The normalized spacial score (nSPS) is 12.5. The second-order valence-electron chi connectivity index (χ2n) is 6.03. The lowest BCUT2D eigenvalue weighted by Crippen LogP contribution is -2.40. The van der Waals surface area contributed by atoms with Crippen molar-refractivity contribution < 1.29 is 19.8 Å². The van der Waals surface area contributed by atoms with Crippen molar-refractivity contribution >= 4 is 11.8 Å². The van der Waals surface area contributed by atoms with E-state index in [1.54, 1.807) is 6.08 Å². The lowest BCUT2D eigenvalue weighted by Gasteiger charge is -2.24. The number of unbranched alkanes of at least 4 members (excludes halogenated alkanes) is 6. The van der Waals surface area contributed by atoms with Crippen molar-refractivity contribution in [3.63, 3.8) is 0 Å². The van der Waals surface area contributed by atoms with E-state index in [-0.39, 0.29) is 38.6 Å². The molecule has 6 heteroatoms.